The fraction of sp³-hybridized carbons (Fsp3) is 0.143. The van der Waals surface area contributed by atoms with Crippen LogP contribution < -0.4 is 15.3 Å². The number of hydrogen-bond acceptors (Lipinski definition) is 7. The number of nitrogens with zero attached hydrogens (tertiary/aromatic N) is 2. The number of rotatable bonds is 6. The van der Waals surface area contributed by atoms with Crippen molar-refractivity contribution in [2.75, 3.05) is 7.11 Å². The van der Waals surface area contributed by atoms with E-state index in [0.29, 0.717) is 0 Å². The zero-order chi connectivity index (χ0) is 16.8. The van der Waals surface area contributed by atoms with Crippen LogP contribution >= 0.6 is 11.3 Å². The number of methoxy groups -OCH3 is 1. The van der Waals surface area contributed by atoms with Crippen LogP contribution in [0.25, 0.3) is 0 Å². The van der Waals surface area contributed by atoms with Gasteiger partial charge >= 0.3 is 0 Å². The van der Waals surface area contributed by atoms with Crippen LogP contribution in [0.2, 0.25) is 0 Å². The first-order chi connectivity index (χ1) is 11.0. The Hall–Kier alpha value is -2.94. The third-order valence-electron chi connectivity index (χ3n) is 2.79. The topological polar surface area (TPSA) is 117 Å². The molecule has 2 aromatic rings. The lowest BCUT2D eigenvalue weighted by molar-refractivity contribution is -0.398. The summed E-state index contributed by atoms with van der Waals surface area (Å²) in [6.45, 7) is 0. The predicted molar refractivity (Wildman–Crippen MR) is 82.9 cm³/mol. The molecule has 23 heavy (non-hydrogen) atoms. The lowest BCUT2D eigenvalue weighted by atomic mass is 10.2. The molecule has 8 nitrogen and oxygen atoms in total. The Morgan fingerprint density at radius 3 is 2.91 bits per heavy atom. The van der Waals surface area contributed by atoms with E-state index < -0.39 is 16.4 Å². The first-order valence-electron chi connectivity index (χ1n) is 6.39. The zero-order valence-electron chi connectivity index (χ0n) is 12.0. The standard InChI is InChI=1S/C14H13N3O5S/c1-22-12-6-9(5-11(14(12)19)17(20)21)8-15-16-13(18)7-10-3-2-4-23-10/h2-6,8,19H,7H2,1H3,(H,16,18)/p-1. The number of carbonyl (C=O) groups is 1. The molecule has 0 aliphatic rings. The van der Waals surface area contributed by atoms with E-state index in [0.717, 1.165) is 10.9 Å². The normalized spacial score (nSPS) is 10.7. The number of nitro groups is 1. The first kappa shape index (κ1) is 16.4. The number of benzene rings is 1. The molecule has 2 rings (SSSR count). The minimum Gasteiger partial charge on any atom is -0.865 e. The van der Waals surface area contributed by atoms with Crippen molar-refractivity contribution >= 4 is 29.1 Å². The quantitative estimate of drug-likeness (QED) is 0.487. The van der Waals surface area contributed by atoms with E-state index in [4.69, 9.17) is 4.74 Å². The molecule has 120 valence electrons. The molecule has 0 atom stereocenters. The van der Waals surface area contributed by atoms with Crippen LogP contribution in [0.4, 0.5) is 5.69 Å². The molecule has 1 N–H and O–H groups in total. The molecule has 0 unspecified atom stereocenters. The van der Waals surface area contributed by atoms with Gasteiger partial charge in [0.2, 0.25) is 5.91 Å². The van der Waals surface area contributed by atoms with Crippen LogP contribution in [0.1, 0.15) is 10.4 Å². The fourth-order valence-electron chi connectivity index (χ4n) is 1.76. The molecule has 0 saturated carbocycles. The number of ether oxygens (including phenoxy) is 1. The van der Waals surface area contributed by atoms with Crippen LogP contribution in [0.3, 0.4) is 0 Å². The van der Waals surface area contributed by atoms with Crippen molar-refractivity contribution in [3.05, 3.63) is 50.2 Å². The van der Waals surface area contributed by atoms with E-state index in [2.05, 4.69) is 10.5 Å². The van der Waals surface area contributed by atoms with E-state index in [1.54, 1.807) is 0 Å². The van der Waals surface area contributed by atoms with E-state index in [1.165, 1.54) is 30.7 Å². The molecular formula is C14H12N3O5S-. The van der Waals surface area contributed by atoms with Gasteiger partial charge in [0.1, 0.15) is 5.75 Å². The van der Waals surface area contributed by atoms with Crippen molar-refractivity contribution in [2.45, 2.75) is 6.42 Å². The third kappa shape index (κ3) is 4.27. The van der Waals surface area contributed by atoms with Crippen LogP contribution in [-0.4, -0.2) is 24.2 Å². The summed E-state index contributed by atoms with van der Waals surface area (Å²) < 4.78 is 4.81. The Morgan fingerprint density at radius 1 is 1.52 bits per heavy atom. The number of hydrogen-bond donors (Lipinski definition) is 1. The molecular weight excluding hydrogens is 322 g/mol. The van der Waals surface area contributed by atoms with Crippen LogP contribution in [-0.2, 0) is 11.2 Å². The van der Waals surface area contributed by atoms with E-state index >= 15 is 0 Å². The van der Waals surface area contributed by atoms with Gasteiger partial charge in [-0.1, -0.05) is 6.07 Å². The first-order valence-corrected chi connectivity index (χ1v) is 7.27. The maximum Gasteiger partial charge on any atom is 0.266 e. The molecule has 0 aliphatic heterocycles. The number of nitrogens with one attached hydrogen (secondary N) is 1. The molecule has 0 bridgehead atoms. The average molecular weight is 334 g/mol. The summed E-state index contributed by atoms with van der Waals surface area (Å²) in [6.07, 6.45) is 1.40. The molecule has 1 aromatic heterocycles. The number of nitro benzene ring substituents is 1. The highest BCUT2D eigenvalue weighted by molar-refractivity contribution is 7.10. The molecule has 0 radical (unpaired) electrons. The summed E-state index contributed by atoms with van der Waals surface area (Å²) in [5.74, 6) is -1.28. The van der Waals surface area contributed by atoms with E-state index in [9.17, 15) is 20.0 Å². The van der Waals surface area contributed by atoms with Crippen LogP contribution in [0.5, 0.6) is 11.5 Å². The predicted octanol–water partition coefficient (Wildman–Crippen LogP) is 1.43. The van der Waals surface area contributed by atoms with Crippen molar-refractivity contribution in [1.29, 1.82) is 0 Å². The second kappa shape index (κ2) is 7.36. The van der Waals surface area contributed by atoms with Gasteiger partial charge in [0, 0.05) is 22.3 Å². The number of carbonyl (C=O) groups excluding carboxylic acids is 1. The minimum atomic E-state index is -0.809. The highest BCUT2D eigenvalue weighted by Crippen LogP contribution is 2.33. The molecule has 0 aliphatic carbocycles. The molecule has 1 heterocycles. The van der Waals surface area contributed by atoms with Crippen molar-refractivity contribution in [3.63, 3.8) is 0 Å². The van der Waals surface area contributed by atoms with Crippen LogP contribution in [0.15, 0.2) is 34.7 Å². The lowest BCUT2D eigenvalue weighted by Gasteiger charge is -2.12. The third-order valence-corrected chi connectivity index (χ3v) is 3.67. The number of thiophene rings is 1. The summed E-state index contributed by atoms with van der Waals surface area (Å²) >= 11 is 1.45. The fourth-order valence-corrected chi connectivity index (χ4v) is 2.46. The summed E-state index contributed by atoms with van der Waals surface area (Å²) in [5.41, 5.74) is 1.97. The Balaban J connectivity index is 2.08. The minimum absolute atomic E-state index is 0.162. The molecule has 0 spiro atoms. The Morgan fingerprint density at radius 2 is 2.30 bits per heavy atom. The van der Waals surface area contributed by atoms with Crippen molar-refractivity contribution in [1.82, 2.24) is 5.43 Å². The highest BCUT2D eigenvalue weighted by Gasteiger charge is 2.12. The van der Waals surface area contributed by atoms with Crippen molar-refractivity contribution in [2.24, 2.45) is 5.10 Å². The smallest absolute Gasteiger partial charge is 0.266 e. The molecule has 1 aromatic carbocycles. The number of amides is 1. The van der Waals surface area contributed by atoms with Gasteiger partial charge in [-0.05, 0) is 17.5 Å². The van der Waals surface area contributed by atoms with Gasteiger partial charge in [-0.15, -0.1) is 11.3 Å². The summed E-state index contributed by atoms with van der Waals surface area (Å²) in [5, 5.41) is 28.1. The highest BCUT2D eigenvalue weighted by atomic mass is 32.1. The van der Waals surface area contributed by atoms with Crippen molar-refractivity contribution in [3.8, 4) is 11.5 Å². The molecule has 9 heteroatoms. The zero-order valence-corrected chi connectivity index (χ0v) is 12.8. The van der Waals surface area contributed by atoms with Gasteiger partial charge in [0.15, 0.2) is 0 Å². The van der Waals surface area contributed by atoms with Crippen LogP contribution in [0, 0.1) is 10.1 Å². The molecule has 1 amide bonds. The maximum atomic E-state index is 11.7. The number of hydrazone groups is 1. The van der Waals surface area contributed by atoms with Gasteiger partial charge in [0.05, 0.1) is 24.7 Å². The van der Waals surface area contributed by atoms with Gasteiger partial charge in [-0.2, -0.15) is 5.10 Å². The maximum absolute atomic E-state index is 11.7. The largest absolute Gasteiger partial charge is 0.865 e. The second-order valence-electron chi connectivity index (χ2n) is 4.38. The average Bonchev–Trinajstić information content (AvgIpc) is 3.01. The Kier molecular flexibility index (Phi) is 5.26. The summed E-state index contributed by atoms with van der Waals surface area (Å²) in [6, 6.07) is 6.05. The Labute approximate surface area is 135 Å². The lowest BCUT2D eigenvalue weighted by Crippen LogP contribution is -2.19. The molecule has 0 fully saturated rings. The van der Waals surface area contributed by atoms with Gasteiger partial charge in [-0.3, -0.25) is 14.9 Å². The molecule has 0 saturated heterocycles. The van der Waals surface area contributed by atoms with E-state index in [-0.39, 0.29) is 23.6 Å². The van der Waals surface area contributed by atoms with E-state index in [1.807, 2.05) is 17.5 Å². The van der Waals surface area contributed by atoms with Crippen molar-refractivity contribution < 1.29 is 19.6 Å². The SMILES string of the molecule is COc1cc(C=NNC(=O)Cc2cccs2)cc([N+](=O)[O-])c1[O-]. The second-order valence-corrected chi connectivity index (χ2v) is 5.41. The van der Waals surface area contributed by atoms with Gasteiger partial charge in [0.25, 0.3) is 5.69 Å². The monoisotopic (exact) mass is 334 g/mol. The van der Waals surface area contributed by atoms with Gasteiger partial charge in [-0.25, -0.2) is 5.43 Å². The summed E-state index contributed by atoms with van der Waals surface area (Å²) in [4.78, 5) is 22.6. The Bertz CT molecular complexity index is 743. The van der Waals surface area contributed by atoms with Gasteiger partial charge < -0.3 is 9.84 Å². The summed E-state index contributed by atoms with van der Waals surface area (Å²) in [7, 11) is 1.24.